The van der Waals surface area contributed by atoms with Crippen LogP contribution in [0.25, 0.3) is 0 Å². The van der Waals surface area contributed by atoms with E-state index in [1.807, 2.05) is 6.07 Å². The maximum absolute atomic E-state index is 11.9. The van der Waals surface area contributed by atoms with Crippen molar-refractivity contribution in [3.63, 3.8) is 0 Å². The molecule has 120 valence electrons. The number of benzene rings is 1. The van der Waals surface area contributed by atoms with E-state index in [0.29, 0.717) is 5.69 Å². The normalized spacial score (nSPS) is 20.6. The van der Waals surface area contributed by atoms with E-state index >= 15 is 0 Å². The van der Waals surface area contributed by atoms with Crippen molar-refractivity contribution in [1.82, 2.24) is 5.32 Å². The summed E-state index contributed by atoms with van der Waals surface area (Å²) in [6, 6.07) is 8.81. The van der Waals surface area contributed by atoms with Gasteiger partial charge in [0.05, 0.1) is 18.8 Å². The summed E-state index contributed by atoms with van der Waals surface area (Å²) >= 11 is 1.74. The molecule has 3 N–H and O–H groups in total. The quantitative estimate of drug-likeness (QED) is 0.668. The second-order valence-corrected chi connectivity index (χ2v) is 6.17. The number of rotatable bonds is 6. The fourth-order valence-corrected chi connectivity index (χ4v) is 3.55. The molecule has 1 aromatic carbocycles. The van der Waals surface area contributed by atoms with Gasteiger partial charge >= 0.3 is 11.8 Å². The van der Waals surface area contributed by atoms with Gasteiger partial charge in [-0.05, 0) is 24.3 Å². The van der Waals surface area contributed by atoms with E-state index in [2.05, 4.69) is 10.6 Å². The van der Waals surface area contributed by atoms with Crippen molar-refractivity contribution < 1.29 is 19.4 Å². The van der Waals surface area contributed by atoms with Gasteiger partial charge in [-0.1, -0.05) is 18.2 Å². The van der Waals surface area contributed by atoms with Crippen LogP contribution in [0.15, 0.2) is 30.3 Å². The Morgan fingerprint density at radius 2 is 2.05 bits per heavy atom. The molecular formula is C15H20N2O4S. The second-order valence-electron chi connectivity index (χ2n) is 5.06. The van der Waals surface area contributed by atoms with Gasteiger partial charge in [-0.25, -0.2) is 0 Å². The maximum Gasteiger partial charge on any atom is 0.313 e. The average molecular weight is 324 g/mol. The third-order valence-electron chi connectivity index (χ3n) is 3.38. The van der Waals surface area contributed by atoms with Gasteiger partial charge in [-0.2, -0.15) is 11.8 Å². The Kier molecular flexibility index (Phi) is 6.23. The third kappa shape index (κ3) is 4.72. The van der Waals surface area contributed by atoms with Gasteiger partial charge < -0.3 is 20.5 Å². The van der Waals surface area contributed by atoms with Crippen molar-refractivity contribution in [3.05, 3.63) is 30.3 Å². The molecule has 2 rings (SSSR count). The molecule has 0 bridgehead atoms. The van der Waals surface area contributed by atoms with Gasteiger partial charge in [0.25, 0.3) is 0 Å². The zero-order valence-electron chi connectivity index (χ0n) is 12.2. The first-order valence-electron chi connectivity index (χ1n) is 7.12. The first kappa shape index (κ1) is 16.8. The highest BCUT2D eigenvalue weighted by Crippen LogP contribution is 2.30. The number of anilines is 1. The summed E-state index contributed by atoms with van der Waals surface area (Å²) < 4.78 is 5.67. The summed E-state index contributed by atoms with van der Waals surface area (Å²) in [5.74, 6) is 0.298. The van der Waals surface area contributed by atoms with Crippen LogP contribution in [0.1, 0.15) is 6.42 Å². The van der Waals surface area contributed by atoms with Crippen LogP contribution in [0.2, 0.25) is 0 Å². The molecule has 2 amide bonds. The molecule has 1 aromatic rings. The van der Waals surface area contributed by atoms with Crippen molar-refractivity contribution >= 4 is 29.3 Å². The van der Waals surface area contributed by atoms with E-state index in [4.69, 9.17) is 9.84 Å². The molecule has 1 fully saturated rings. The van der Waals surface area contributed by atoms with E-state index in [1.54, 1.807) is 36.0 Å². The summed E-state index contributed by atoms with van der Waals surface area (Å²) in [7, 11) is 0. The fraction of sp³-hybridized carbons (Fsp3) is 0.467. The molecule has 1 unspecified atom stereocenters. The Hall–Kier alpha value is -1.57. The molecule has 1 heterocycles. The number of aliphatic hydroxyl groups is 1. The summed E-state index contributed by atoms with van der Waals surface area (Å²) in [5, 5.41) is 14.0. The minimum atomic E-state index is -0.700. The zero-order valence-corrected chi connectivity index (χ0v) is 13.0. The molecule has 1 atom stereocenters. The lowest BCUT2D eigenvalue weighted by Gasteiger charge is -2.28. The summed E-state index contributed by atoms with van der Waals surface area (Å²) in [4.78, 5) is 23.7. The maximum atomic E-state index is 11.9. The molecule has 0 aliphatic carbocycles. The van der Waals surface area contributed by atoms with E-state index in [0.717, 1.165) is 17.9 Å². The fourth-order valence-electron chi connectivity index (χ4n) is 2.19. The molecule has 0 radical (unpaired) electrons. The van der Waals surface area contributed by atoms with Crippen molar-refractivity contribution in [2.45, 2.75) is 12.0 Å². The molecule has 22 heavy (non-hydrogen) atoms. The van der Waals surface area contributed by atoms with Crippen LogP contribution in [0, 0.1) is 0 Å². The van der Waals surface area contributed by atoms with E-state index in [9.17, 15) is 9.59 Å². The van der Waals surface area contributed by atoms with Crippen LogP contribution >= 0.6 is 11.8 Å². The van der Waals surface area contributed by atoms with Crippen LogP contribution in [0.4, 0.5) is 5.69 Å². The van der Waals surface area contributed by atoms with E-state index < -0.39 is 17.4 Å². The number of amides is 2. The van der Waals surface area contributed by atoms with E-state index in [-0.39, 0.29) is 19.8 Å². The van der Waals surface area contributed by atoms with Crippen LogP contribution in [-0.4, -0.2) is 53.8 Å². The number of nitrogens with one attached hydrogen (secondary N) is 2. The first-order chi connectivity index (χ1) is 10.7. The SMILES string of the molecule is O=C(NCC1(OCCO)CCSC1)C(=O)Nc1ccccc1. The molecule has 1 aliphatic heterocycles. The van der Waals surface area contributed by atoms with E-state index in [1.165, 1.54) is 0 Å². The Morgan fingerprint density at radius 1 is 1.27 bits per heavy atom. The van der Waals surface area contributed by atoms with Gasteiger partial charge in [-0.15, -0.1) is 0 Å². The lowest BCUT2D eigenvalue weighted by molar-refractivity contribution is -0.137. The van der Waals surface area contributed by atoms with Crippen LogP contribution in [0.5, 0.6) is 0 Å². The largest absolute Gasteiger partial charge is 0.394 e. The standard InChI is InChI=1S/C15H20N2O4S/c18-7-8-21-15(6-9-22-11-15)10-16-13(19)14(20)17-12-4-2-1-3-5-12/h1-5,18H,6-11H2,(H,16,19)(H,17,20). The topological polar surface area (TPSA) is 87.7 Å². The lowest BCUT2D eigenvalue weighted by Crippen LogP contribution is -2.48. The van der Waals surface area contributed by atoms with Crippen LogP contribution < -0.4 is 10.6 Å². The van der Waals surface area contributed by atoms with Crippen molar-refractivity contribution in [3.8, 4) is 0 Å². The number of carbonyl (C=O) groups is 2. The second kappa shape index (κ2) is 8.17. The minimum Gasteiger partial charge on any atom is -0.394 e. The predicted octanol–water partition coefficient (Wildman–Crippen LogP) is 0.626. The summed E-state index contributed by atoms with van der Waals surface area (Å²) in [6.07, 6.45) is 0.790. The molecule has 1 saturated heterocycles. The van der Waals surface area contributed by atoms with Crippen LogP contribution in [-0.2, 0) is 14.3 Å². The molecule has 0 spiro atoms. The third-order valence-corrected chi connectivity index (χ3v) is 4.60. The number of hydrogen-bond donors (Lipinski definition) is 3. The smallest absolute Gasteiger partial charge is 0.313 e. The molecular weight excluding hydrogens is 304 g/mol. The first-order valence-corrected chi connectivity index (χ1v) is 8.27. The van der Waals surface area contributed by atoms with Crippen molar-refractivity contribution in [2.24, 2.45) is 0 Å². The monoisotopic (exact) mass is 324 g/mol. The highest BCUT2D eigenvalue weighted by atomic mass is 32.2. The van der Waals surface area contributed by atoms with Gasteiger partial charge in [0, 0.05) is 18.0 Å². The summed E-state index contributed by atoms with van der Waals surface area (Å²) in [6.45, 7) is 0.433. The Bertz CT molecular complexity index is 504. The minimum absolute atomic E-state index is 0.0607. The van der Waals surface area contributed by atoms with Gasteiger partial charge in [0.2, 0.25) is 0 Å². The molecule has 6 nitrogen and oxygen atoms in total. The number of hydrogen-bond acceptors (Lipinski definition) is 5. The number of aliphatic hydroxyl groups excluding tert-OH is 1. The zero-order chi connectivity index (χ0) is 15.8. The molecule has 0 saturated carbocycles. The van der Waals surface area contributed by atoms with Gasteiger partial charge in [0.15, 0.2) is 0 Å². The number of ether oxygens (including phenoxy) is 1. The van der Waals surface area contributed by atoms with Crippen molar-refractivity contribution in [1.29, 1.82) is 0 Å². The van der Waals surface area contributed by atoms with Crippen molar-refractivity contribution in [2.75, 3.05) is 36.6 Å². The van der Waals surface area contributed by atoms with Crippen LogP contribution in [0.3, 0.4) is 0 Å². The van der Waals surface area contributed by atoms with Gasteiger partial charge in [0.1, 0.15) is 0 Å². The molecule has 7 heteroatoms. The highest BCUT2D eigenvalue weighted by molar-refractivity contribution is 7.99. The number of carbonyl (C=O) groups excluding carboxylic acids is 2. The Morgan fingerprint density at radius 3 is 2.68 bits per heavy atom. The van der Waals surface area contributed by atoms with Gasteiger partial charge in [-0.3, -0.25) is 9.59 Å². The Balaban J connectivity index is 1.84. The summed E-state index contributed by atoms with van der Waals surface area (Å²) in [5.41, 5.74) is 0.0844. The average Bonchev–Trinajstić information content (AvgIpc) is 3.01. The number of thioether (sulfide) groups is 1. The molecule has 0 aromatic heterocycles. The predicted molar refractivity (Wildman–Crippen MR) is 85.8 cm³/mol. The molecule has 1 aliphatic rings. The Labute approximate surface area is 133 Å². The lowest BCUT2D eigenvalue weighted by atomic mass is 10.0. The highest BCUT2D eigenvalue weighted by Gasteiger charge is 2.36. The number of para-hydroxylation sites is 1.